The maximum absolute atomic E-state index is 11.1. The van der Waals surface area contributed by atoms with Gasteiger partial charge in [0, 0.05) is 25.9 Å². The summed E-state index contributed by atoms with van der Waals surface area (Å²) in [5.41, 5.74) is -0.0793. The van der Waals surface area contributed by atoms with Crippen molar-refractivity contribution in [3.63, 3.8) is 0 Å². The number of Topliss-reactive ketones (excluding diaryl/α,β-unsaturated/α-hetero) is 1. The Hall–Kier alpha value is -0.410. The quantitative estimate of drug-likeness (QED) is 0.495. The Morgan fingerprint density at radius 2 is 2.27 bits per heavy atom. The monoisotopic (exact) mass is 155 g/mol. The minimum Gasteiger partial charge on any atom is -0.371 e. The van der Waals surface area contributed by atoms with E-state index in [2.05, 4.69) is 4.90 Å². The van der Waals surface area contributed by atoms with E-state index < -0.39 is 0 Å². The fourth-order valence-corrected chi connectivity index (χ4v) is 2.02. The molecule has 0 bridgehead atoms. The Balaban J connectivity index is 1.98. The molecule has 3 nitrogen and oxygen atoms in total. The van der Waals surface area contributed by atoms with Gasteiger partial charge < -0.3 is 9.64 Å². The molecule has 2 fully saturated rings. The molecule has 2 rings (SSSR count). The molecule has 3 heteroatoms. The highest BCUT2D eigenvalue weighted by Gasteiger charge is 2.45. The lowest BCUT2D eigenvalue weighted by Gasteiger charge is -2.49. The summed E-state index contributed by atoms with van der Waals surface area (Å²) in [6.07, 6.45) is 1.25. The number of rotatable bonds is 0. The number of ketones is 1. The molecule has 0 aromatic heterocycles. The van der Waals surface area contributed by atoms with Gasteiger partial charge in [-0.05, 0) is 7.05 Å². The van der Waals surface area contributed by atoms with Gasteiger partial charge in [-0.3, -0.25) is 4.79 Å². The summed E-state index contributed by atoms with van der Waals surface area (Å²) in [7, 11) is 2.05. The summed E-state index contributed by atoms with van der Waals surface area (Å²) >= 11 is 0. The first-order chi connectivity index (χ1) is 5.20. The van der Waals surface area contributed by atoms with Crippen LogP contribution in [-0.2, 0) is 9.53 Å². The van der Waals surface area contributed by atoms with Gasteiger partial charge in [-0.15, -0.1) is 0 Å². The molecule has 0 radical (unpaired) electrons. The summed E-state index contributed by atoms with van der Waals surface area (Å²) in [6, 6.07) is 0. The standard InChI is InChI=1S/C8H13NO2/c1-9-5-8(6-9)4-7(10)2-3-11-8/h2-6H2,1H3. The Labute approximate surface area is 66.3 Å². The van der Waals surface area contributed by atoms with Gasteiger partial charge in [0.1, 0.15) is 11.4 Å². The van der Waals surface area contributed by atoms with Crippen LogP contribution in [0.15, 0.2) is 0 Å². The van der Waals surface area contributed by atoms with Gasteiger partial charge in [0.15, 0.2) is 0 Å². The van der Waals surface area contributed by atoms with E-state index in [4.69, 9.17) is 4.74 Å². The third kappa shape index (κ3) is 1.19. The first kappa shape index (κ1) is 7.25. The predicted octanol–water partition coefficient (Wildman–Crippen LogP) is 0.0501. The van der Waals surface area contributed by atoms with Crippen molar-refractivity contribution in [3.8, 4) is 0 Å². The number of carbonyl (C=O) groups is 1. The minimum absolute atomic E-state index is 0.0793. The SMILES string of the molecule is CN1CC2(CC(=O)CCO2)C1. The Morgan fingerprint density at radius 3 is 2.82 bits per heavy atom. The zero-order valence-corrected chi connectivity index (χ0v) is 6.80. The molecule has 0 atom stereocenters. The van der Waals surface area contributed by atoms with Gasteiger partial charge in [0.2, 0.25) is 0 Å². The largest absolute Gasteiger partial charge is 0.371 e. The minimum atomic E-state index is -0.0793. The Bertz CT molecular complexity index is 179. The lowest BCUT2D eigenvalue weighted by Crippen LogP contribution is -2.63. The van der Waals surface area contributed by atoms with Crippen molar-refractivity contribution in [1.29, 1.82) is 0 Å². The summed E-state index contributed by atoms with van der Waals surface area (Å²) < 4.78 is 5.58. The van der Waals surface area contributed by atoms with Crippen molar-refractivity contribution in [3.05, 3.63) is 0 Å². The molecule has 62 valence electrons. The molecule has 2 saturated heterocycles. The van der Waals surface area contributed by atoms with Gasteiger partial charge in [0.05, 0.1) is 6.61 Å². The summed E-state index contributed by atoms with van der Waals surface area (Å²) in [4.78, 5) is 13.3. The van der Waals surface area contributed by atoms with Crippen molar-refractivity contribution in [2.45, 2.75) is 18.4 Å². The van der Waals surface area contributed by atoms with Crippen LogP contribution in [0.4, 0.5) is 0 Å². The summed E-state index contributed by atoms with van der Waals surface area (Å²) in [5.74, 6) is 0.365. The molecule has 0 aliphatic carbocycles. The third-order valence-electron chi connectivity index (χ3n) is 2.42. The highest BCUT2D eigenvalue weighted by Crippen LogP contribution is 2.31. The maximum Gasteiger partial charge on any atom is 0.138 e. The molecule has 2 aliphatic rings. The molecule has 0 aromatic rings. The van der Waals surface area contributed by atoms with E-state index in [1.165, 1.54) is 0 Å². The molecule has 0 unspecified atom stereocenters. The Morgan fingerprint density at radius 1 is 1.55 bits per heavy atom. The predicted molar refractivity (Wildman–Crippen MR) is 40.4 cm³/mol. The highest BCUT2D eigenvalue weighted by atomic mass is 16.5. The van der Waals surface area contributed by atoms with E-state index in [1.54, 1.807) is 0 Å². The van der Waals surface area contributed by atoms with E-state index >= 15 is 0 Å². The van der Waals surface area contributed by atoms with Gasteiger partial charge in [0.25, 0.3) is 0 Å². The summed E-state index contributed by atoms with van der Waals surface area (Å²) in [6.45, 7) is 2.49. The third-order valence-corrected chi connectivity index (χ3v) is 2.42. The first-order valence-corrected chi connectivity index (χ1v) is 4.04. The van der Waals surface area contributed by atoms with E-state index in [-0.39, 0.29) is 5.60 Å². The van der Waals surface area contributed by atoms with Crippen LogP contribution in [0.2, 0.25) is 0 Å². The molecule has 0 amide bonds. The molecule has 0 N–H and O–H groups in total. The average molecular weight is 155 g/mol. The van der Waals surface area contributed by atoms with Gasteiger partial charge in [-0.2, -0.15) is 0 Å². The summed E-state index contributed by atoms with van der Waals surface area (Å²) in [5, 5.41) is 0. The van der Waals surface area contributed by atoms with Crippen LogP contribution in [0.5, 0.6) is 0 Å². The zero-order valence-electron chi connectivity index (χ0n) is 6.80. The van der Waals surface area contributed by atoms with Gasteiger partial charge in [-0.1, -0.05) is 0 Å². The van der Waals surface area contributed by atoms with Crippen LogP contribution in [0.3, 0.4) is 0 Å². The fraction of sp³-hybridized carbons (Fsp3) is 0.875. The maximum atomic E-state index is 11.1. The molecular weight excluding hydrogens is 142 g/mol. The second-order valence-electron chi connectivity index (χ2n) is 3.67. The van der Waals surface area contributed by atoms with Crippen molar-refractivity contribution in [1.82, 2.24) is 4.90 Å². The fourth-order valence-electron chi connectivity index (χ4n) is 2.02. The number of hydrogen-bond acceptors (Lipinski definition) is 3. The van der Waals surface area contributed by atoms with Crippen molar-refractivity contribution < 1.29 is 9.53 Å². The topological polar surface area (TPSA) is 29.5 Å². The van der Waals surface area contributed by atoms with Crippen LogP contribution >= 0.6 is 0 Å². The molecule has 1 spiro atoms. The van der Waals surface area contributed by atoms with E-state index in [0.717, 1.165) is 13.1 Å². The first-order valence-electron chi connectivity index (χ1n) is 4.04. The lowest BCUT2D eigenvalue weighted by atomic mass is 9.86. The molecule has 2 aliphatic heterocycles. The van der Waals surface area contributed by atoms with Crippen LogP contribution in [0, 0.1) is 0 Å². The average Bonchev–Trinajstić information content (AvgIpc) is 1.84. The molecule has 0 saturated carbocycles. The number of hydrogen-bond donors (Lipinski definition) is 0. The number of likely N-dealkylation sites (N-methyl/N-ethyl adjacent to an activating group) is 1. The smallest absolute Gasteiger partial charge is 0.138 e. The van der Waals surface area contributed by atoms with Gasteiger partial charge >= 0.3 is 0 Å². The van der Waals surface area contributed by atoms with Crippen molar-refractivity contribution >= 4 is 5.78 Å². The zero-order chi connectivity index (χ0) is 7.90. The molecule has 2 heterocycles. The van der Waals surface area contributed by atoms with Crippen LogP contribution in [0.1, 0.15) is 12.8 Å². The van der Waals surface area contributed by atoms with Crippen LogP contribution < -0.4 is 0 Å². The number of carbonyl (C=O) groups excluding carboxylic acids is 1. The number of ether oxygens (including phenoxy) is 1. The molecule has 0 aromatic carbocycles. The van der Waals surface area contributed by atoms with E-state index in [1.807, 2.05) is 7.05 Å². The van der Waals surface area contributed by atoms with E-state index in [9.17, 15) is 4.79 Å². The highest BCUT2D eigenvalue weighted by molar-refractivity contribution is 5.80. The van der Waals surface area contributed by atoms with E-state index in [0.29, 0.717) is 25.2 Å². The van der Waals surface area contributed by atoms with Crippen molar-refractivity contribution in [2.75, 3.05) is 26.7 Å². The molecular formula is C8H13NO2. The number of nitrogens with zero attached hydrogens (tertiary/aromatic N) is 1. The second kappa shape index (κ2) is 2.29. The Kier molecular flexibility index (Phi) is 1.51. The second-order valence-corrected chi connectivity index (χ2v) is 3.67. The molecule has 11 heavy (non-hydrogen) atoms. The number of likely N-dealkylation sites (tertiary alicyclic amines) is 1. The normalized spacial score (nSPS) is 30.5. The van der Waals surface area contributed by atoms with Crippen molar-refractivity contribution in [2.24, 2.45) is 0 Å². The van der Waals surface area contributed by atoms with Crippen LogP contribution in [0.25, 0.3) is 0 Å². The van der Waals surface area contributed by atoms with Crippen LogP contribution in [-0.4, -0.2) is 43.0 Å². The lowest BCUT2D eigenvalue weighted by molar-refractivity contribution is -0.169. The van der Waals surface area contributed by atoms with Gasteiger partial charge in [-0.25, -0.2) is 0 Å².